The van der Waals surface area contributed by atoms with Gasteiger partial charge in [-0.1, -0.05) is 48.8 Å². The molecule has 0 aromatic carbocycles. The summed E-state index contributed by atoms with van der Waals surface area (Å²) >= 11 is 3.57. The fourth-order valence-electron chi connectivity index (χ4n) is 1.23. The molecular weight excluding hydrogens is 254 g/mol. The lowest BCUT2D eigenvalue weighted by Crippen LogP contribution is -2.10. The van der Waals surface area contributed by atoms with Crippen LogP contribution in [0.15, 0.2) is 6.20 Å². The van der Waals surface area contributed by atoms with E-state index >= 15 is 0 Å². The summed E-state index contributed by atoms with van der Waals surface area (Å²) < 4.78 is 1.94. The van der Waals surface area contributed by atoms with Gasteiger partial charge in [0.25, 0.3) is 0 Å². The molecule has 3 nitrogen and oxygen atoms in total. The van der Waals surface area contributed by atoms with Crippen LogP contribution in [0.1, 0.15) is 51.1 Å². The van der Waals surface area contributed by atoms with Gasteiger partial charge in [0.05, 0.1) is 10.5 Å². The monoisotopic (exact) mass is 273 g/mol. The number of aryl methyl sites for hydroxylation is 1. The van der Waals surface area contributed by atoms with Crippen molar-refractivity contribution in [1.82, 2.24) is 15.0 Å². The number of halogens is 1. The van der Waals surface area contributed by atoms with E-state index in [4.69, 9.17) is 0 Å². The minimum Gasteiger partial charge on any atom is -0.252 e. The van der Waals surface area contributed by atoms with Crippen LogP contribution in [0.5, 0.6) is 0 Å². The minimum absolute atomic E-state index is 0.334. The molecule has 0 bridgehead atoms. The summed E-state index contributed by atoms with van der Waals surface area (Å²) in [4.78, 5) is 0.334. The summed E-state index contributed by atoms with van der Waals surface area (Å²) in [5, 5.41) is 8.28. The minimum atomic E-state index is 0.334. The van der Waals surface area contributed by atoms with Crippen molar-refractivity contribution in [3.05, 3.63) is 11.9 Å². The Morgan fingerprint density at radius 2 is 2.13 bits per heavy atom. The number of alkyl halides is 1. The maximum absolute atomic E-state index is 4.15. The van der Waals surface area contributed by atoms with Gasteiger partial charge >= 0.3 is 0 Å². The maximum atomic E-state index is 4.15. The zero-order valence-electron chi connectivity index (χ0n) is 10.00. The molecular formula is C11H20BrN3. The van der Waals surface area contributed by atoms with Crippen LogP contribution in [-0.2, 0) is 6.54 Å². The van der Waals surface area contributed by atoms with Crippen molar-refractivity contribution in [1.29, 1.82) is 0 Å². The van der Waals surface area contributed by atoms with Gasteiger partial charge in [0.2, 0.25) is 0 Å². The smallest absolute Gasteiger partial charge is 0.0963 e. The zero-order chi connectivity index (χ0) is 11.5. The summed E-state index contributed by atoms with van der Waals surface area (Å²) in [6, 6.07) is 0. The molecule has 1 rings (SSSR count). The average Bonchev–Trinajstić information content (AvgIpc) is 2.61. The van der Waals surface area contributed by atoms with Crippen molar-refractivity contribution < 1.29 is 0 Å². The van der Waals surface area contributed by atoms with Crippen LogP contribution in [0.25, 0.3) is 0 Å². The quantitative estimate of drug-likeness (QED) is 0.786. The highest BCUT2D eigenvalue weighted by molar-refractivity contribution is 9.09. The molecule has 0 aliphatic rings. The van der Waals surface area contributed by atoms with Crippen LogP contribution in [0, 0.1) is 5.41 Å². The first-order chi connectivity index (χ1) is 6.92. The Bertz CT molecular complexity index is 301. The van der Waals surface area contributed by atoms with Crippen LogP contribution >= 0.6 is 15.9 Å². The Balaban J connectivity index is 2.53. The Hall–Kier alpha value is -0.380. The highest BCUT2D eigenvalue weighted by Crippen LogP contribution is 2.24. The molecule has 1 aromatic heterocycles. The molecule has 0 fully saturated rings. The standard InChI is InChI=1S/C11H20BrN3/c1-5-9(12)10-8-15(14-13-10)7-6-11(2,3)4/h8-9H,5-7H2,1-4H3. The topological polar surface area (TPSA) is 30.7 Å². The van der Waals surface area contributed by atoms with Gasteiger partial charge in [-0.25, -0.2) is 0 Å². The average molecular weight is 274 g/mol. The summed E-state index contributed by atoms with van der Waals surface area (Å²) in [6.45, 7) is 9.80. The molecule has 0 saturated carbocycles. The Morgan fingerprint density at radius 1 is 1.47 bits per heavy atom. The lowest BCUT2D eigenvalue weighted by Gasteiger charge is -2.17. The van der Waals surface area contributed by atoms with E-state index in [0.29, 0.717) is 10.2 Å². The van der Waals surface area contributed by atoms with E-state index in [-0.39, 0.29) is 0 Å². The molecule has 0 aliphatic carbocycles. The van der Waals surface area contributed by atoms with Gasteiger partial charge in [-0.05, 0) is 18.3 Å². The molecule has 0 spiro atoms. The van der Waals surface area contributed by atoms with Gasteiger partial charge in [-0.3, -0.25) is 4.68 Å². The zero-order valence-corrected chi connectivity index (χ0v) is 11.6. The van der Waals surface area contributed by atoms with Gasteiger partial charge in [0, 0.05) is 12.7 Å². The van der Waals surface area contributed by atoms with E-state index in [1.807, 2.05) is 10.9 Å². The third-order valence-electron chi connectivity index (χ3n) is 2.33. The van der Waals surface area contributed by atoms with Crippen LogP contribution in [0.4, 0.5) is 0 Å². The van der Waals surface area contributed by atoms with Gasteiger partial charge in [0.1, 0.15) is 0 Å². The van der Waals surface area contributed by atoms with Crippen LogP contribution < -0.4 is 0 Å². The highest BCUT2D eigenvalue weighted by Gasteiger charge is 2.12. The Labute approximate surface area is 100 Å². The first-order valence-corrected chi connectivity index (χ1v) is 6.38. The lowest BCUT2D eigenvalue weighted by atomic mass is 9.92. The van der Waals surface area contributed by atoms with Crippen molar-refractivity contribution in [2.45, 2.75) is 51.9 Å². The van der Waals surface area contributed by atoms with Crippen LogP contribution in [-0.4, -0.2) is 15.0 Å². The van der Waals surface area contributed by atoms with Crippen molar-refractivity contribution in [2.75, 3.05) is 0 Å². The molecule has 1 unspecified atom stereocenters. The fourth-order valence-corrected chi connectivity index (χ4v) is 1.44. The van der Waals surface area contributed by atoms with Gasteiger partial charge in [0.15, 0.2) is 0 Å². The van der Waals surface area contributed by atoms with Gasteiger partial charge < -0.3 is 0 Å². The van der Waals surface area contributed by atoms with E-state index in [2.05, 4.69) is 53.9 Å². The molecule has 0 radical (unpaired) electrons. The second-order valence-corrected chi connectivity index (χ2v) is 6.20. The summed E-state index contributed by atoms with van der Waals surface area (Å²) in [7, 11) is 0. The molecule has 15 heavy (non-hydrogen) atoms. The lowest BCUT2D eigenvalue weighted by molar-refractivity contribution is 0.339. The largest absolute Gasteiger partial charge is 0.252 e. The van der Waals surface area contributed by atoms with Gasteiger partial charge in [-0.2, -0.15) is 0 Å². The summed E-state index contributed by atoms with van der Waals surface area (Å²) in [6.07, 6.45) is 4.20. The first-order valence-electron chi connectivity index (χ1n) is 5.46. The SMILES string of the molecule is CCC(Br)c1cn(CCC(C)(C)C)nn1. The van der Waals surface area contributed by atoms with Gasteiger partial charge in [-0.15, -0.1) is 5.10 Å². The van der Waals surface area contributed by atoms with Crippen molar-refractivity contribution in [2.24, 2.45) is 5.41 Å². The van der Waals surface area contributed by atoms with E-state index in [1.54, 1.807) is 0 Å². The molecule has 0 aliphatic heterocycles. The molecule has 4 heteroatoms. The Morgan fingerprint density at radius 3 is 2.67 bits per heavy atom. The predicted molar refractivity (Wildman–Crippen MR) is 66.1 cm³/mol. The molecule has 0 saturated heterocycles. The fraction of sp³-hybridized carbons (Fsp3) is 0.818. The van der Waals surface area contributed by atoms with E-state index in [1.165, 1.54) is 0 Å². The summed E-state index contributed by atoms with van der Waals surface area (Å²) in [5.74, 6) is 0. The maximum Gasteiger partial charge on any atom is 0.0963 e. The molecule has 1 aromatic rings. The second kappa shape index (κ2) is 5.10. The molecule has 0 amide bonds. The van der Waals surface area contributed by atoms with Crippen molar-refractivity contribution >= 4 is 15.9 Å². The molecule has 1 atom stereocenters. The second-order valence-electron chi connectivity index (χ2n) is 5.09. The Kier molecular flexibility index (Phi) is 4.32. The third-order valence-corrected chi connectivity index (χ3v) is 3.44. The van der Waals surface area contributed by atoms with E-state index in [0.717, 1.165) is 25.1 Å². The third kappa shape index (κ3) is 4.33. The van der Waals surface area contributed by atoms with Crippen LogP contribution in [0.2, 0.25) is 0 Å². The predicted octanol–water partition coefficient (Wildman–Crippen LogP) is 3.56. The number of rotatable bonds is 4. The molecule has 1 heterocycles. The van der Waals surface area contributed by atoms with E-state index < -0.39 is 0 Å². The van der Waals surface area contributed by atoms with Crippen LogP contribution in [0.3, 0.4) is 0 Å². The van der Waals surface area contributed by atoms with Crippen molar-refractivity contribution in [3.63, 3.8) is 0 Å². The molecule has 0 N–H and O–H groups in total. The number of hydrogen-bond acceptors (Lipinski definition) is 2. The number of aromatic nitrogens is 3. The van der Waals surface area contributed by atoms with Crippen molar-refractivity contribution in [3.8, 4) is 0 Å². The number of hydrogen-bond donors (Lipinski definition) is 0. The number of nitrogens with zero attached hydrogens (tertiary/aromatic N) is 3. The summed E-state index contributed by atoms with van der Waals surface area (Å²) in [5.41, 5.74) is 1.39. The van der Waals surface area contributed by atoms with E-state index in [9.17, 15) is 0 Å². The highest BCUT2D eigenvalue weighted by atomic mass is 79.9. The molecule has 86 valence electrons. The first kappa shape index (κ1) is 12.7. The normalized spacial score (nSPS) is 14.2.